The highest BCUT2D eigenvalue weighted by Crippen LogP contribution is 2.77. The van der Waals surface area contributed by atoms with Gasteiger partial charge in [0.25, 0.3) is 0 Å². The van der Waals surface area contributed by atoms with E-state index in [2.05, 4.69) is 0 Å². The lowest BCUT2D eigenvalue weighted by Gasteiger charge is -2.32. The number of ether oxygens (including phenoxy) is 2. The summed E-state index contributed by atoms with van der Waals surface area (Å²) in [7, 11) is 0. The minimum atomic E-state index is -0.641. The molecular weight excluding hydrogens is 244 g/mol. The van der Waals surface area contributed by atoms with Gasteiger partial charge in [-0.3, -0.25) is 4.79 Å². The topological polar surface area (TPSA) is 62.4 Å². The number of rotatable bonds is 4. The summed E-state index contributed by atoms with van der Waals surface area (Å²) in [4.78, 5) is 11.8. The monoisotopic (exact) mass is 266 g/mol. The smallest absolute Gasteiger partial charge is 0.309 e. The van der Waals surface area contributed by atoms with Crippen LogP contribution < -0.4 is 0 Å². The van der Waals surface area contributed by atoms with Gasteiger partial charge in [0.1, 0.15) is 0 Å². The zero-order chi connectivity index (χ0) is 13.1. The van der Waals surface area contributed by atoms with Crippen molar-refractivity contribution in [1.82, 2.24) is 0 Å². The summed E-state index contributed by atoms with van der Waals surface area (Å²) in [6.07, 6.45) is 10.5. The summed E-state index contributed by atoms with van der Waals surface area (Å²) >= 11 is 0. The second-order valence-electron chi connectivity index (χ2n) is 7.01. The largest absolute Gasteiger partial charge is 0.481 e. The molecule has 0 aromatic carbocycles. The summed E-state index contributed by atoms with van der Waals surface area (Å²) in [5, 5.41) is 9.67. The molecule has 0 amide bonds. The normalized spacial score (nSPS) is 48.2. The van der Waals surface area contributed by atoms with Gasteiger partial charge in [0.05, 0.1) is 5.41 Å². The molecule has 0 spiro atoms. The van der Waals surface area contributed by atoms with Crippen LogP contribution in [0.3, 0.4) is 0 Å². The average Bonchev–Trinajstić information content (AvgIpc) is 3.23. The number of epoxide rings is 2. The molecule has 2 aliphatic carbocycles. The summed E-state index contributed by atoms with van der Waals surface area (Å²) < 4.78 is 11.1. The Balaban J connectivity index is 1.42. The van der Waals surface area contributed by atoms with E-state index in [1.807, 2.05) is 0 Å². The lowest BCUT2D eigenvalue weighted by molar-refractivity contribution is -0.153. The number of hydrogen-bond donors (Lipinski definition) is 1. The maximum atomic E-state index is 11.8. The maximum Gasteiger partial charge on any atom is 0.309 e. The summed E-state index contributed by atoms with van der Waals surface area (Å²) in [5.74, 6) is -0.709. The fourth-order valence-electron chi connectivity index (χ4n) is 4.39. The lowest BCUT2D eigenvalue weighted by atomic mass is 9.69. The van der Waals surface area contributed by atoms with Crippen molar-refractivity contribution in [2.45, 2.75) is 75.8 Å². The maximum absolute atomic E-state index is 11.8. The van der Waals surface area contributed by atoms with E-state index in [1.165, 1.54) is 32.1 Å². The molecule has 1 N–H and O–H groups in total. The van der Waals surface area contributed by atoms with Crippen molar-refractivity contribution in [1.29, 1.82) is 0 Å². The van der Waals surface area contributed by atoms with Crippen molar-refractivity contribution in [3.63, 3.8) is 0 Å². The number of hydrogen-bond acceptors (Lipinski definition) is 3. The van der Waals surface area contributed by atoms with Crippen molar-refractivity contribution in [2.75, 3.05) is 0 Å². The Morgan fingerprint density at radius 3 is 2.47 bits per heavy atom. The number of aliphatic carboxylic acids is 1. The second-order valence-corrected chi connectivity index (χ2v) is 7.01. The molecule has 1 atom stereocenters. The highest BCUT2D eigenvalue weighted by molar-refractivity contribution is 5.75. The first kappa shape index (κ1) is 12.2. The van der Waals surface area contributed by atoms with Gasteiger partial charge >= 0.3 is 5.97 Å². The Morgan fingerprint density at radius 2 is 1.84 bits per heavy atom. The Hall–Kier alpha value is -0.610. The van der Waals surface area contributed by atoms with Crippen molar-refractivity contribution in [3.8, 4) is 0 Å². The van der Waals surface area contributed by atoms with Crippen molar-refractivity contribution in [2.24, 2.45) is 11.3 Å². The van der Waals surface area contributed by atoms with Crippen LogP contribution in [-0.2, 0) is 14.3 Å². The molecule has 2 saturated heterocycles. The minimum Gasteiger partial charge on any atom is -0.481 e. The van der Waals surface area contributed by atoms with Crippen molar-refractivity contribution in [3.05, 3.63) is 0 Å². The van der Waals surface area contributed by atoms with Gasteiger partial charge in [-0.1, -0.05) is 32.1 Å². The van der Waals surface area contributed by atoms with Gasteiger partial charge in [-0.05, 0) is 25.2 Å². The SMILES string of the molecule is O=C(O)C1(CCC2CCCCC2)CCC23OC2(C1)O3. The lowest BCUT2D eigenvalue weighted by Crippen LogP contribution is -2.36. The first-order valence-corrected chi connectivity index (χ1v) is 7.74. The highest BCUT2D eigenvalue weighted by Gasteiger charge is 2.93. The van der Waals surface area contributed by atoms with Gasteiger partial charge in [0, 0.05) is 12.8 Å². The van der Waals surface area contributed by atoms with Crippen LogP contribution in [0, 0.1) is 11.3 Å². The summed E-state index contributed by atoms with van der Waals surface area (Å²) in [6, 6.07) is 0. The summed E-state index contributed by atoms with van der Waals surface area (Å²) in [6.45, 7) is 0. The zero-order valence-electron chi connectivity index (χ0n) is 11.3. The molecule has 106 valence electrons. The Kier molecular flexibility index (Phi) is 2.39. The van der Waals surface area contributed by atoms with Gasteiger partial charge in [0.2, 0.25) is 11.6 Å². The molecule has 2 heterocycles. The van der Waals surface area contributed by atoms with Gasteiger partial charge < -0.3 is 14.6 Å². The van der Waals surface area contributed by atoms with Gasteiger partial charge in [-0.2, -0.15) is 0 Å². The molecule has 4 aliphatic rings. The van der Waals surface area contributed by atoms with Crippen LogP contribution in [0.25, 0.3) is 0 Å². The van der Waals surface area contributed by atoms with E-state index in [0.29, 0.717) is 6.42 Å². The third kappa shape index (κ3) is 1.69. The fourth-order valence-corrected chi connectivity index (χ4v) is 4.39. The van der Waals surface area contributed by atoms with E-state index in [9.17, 15) is 9.90 Å². The minimum absolute atomic E-state index is 0.337. The van der Waals surface area contributed by atoms with Gasteiger partial charge in [-0.15, -0.1) is 0 Å². The molecule has 0 aromatic heterocycles. The van der Waals surface area contributed by atoms with Crippen LogP contribution in [0.2, 0.25) is 0 Å². The zero-order valence-corrected chi connectivity index (χ0v) is 11.3. The van der Waals surface area contributed by atoms with Gasteiger partial charge in [0.15, 0.2) is 0 Å². The molecule has 0 aromatic rings. The molecular formula is C15H22O4. The standard InChI is InChI=1S/C15H22O4/c16-12(17)13(7-6-11-4-2-1-3-5-11)8-9-14-15(10-13,18-14)19-14/h11H,1-10H2,(H,16,17). The van der Waals surface area contributed by atoms with Crippen LogP contribution >= 0.6 is 0 Å². The van der Waals surface area contributed by atoms with E-state index in [0.717, 1.165) is 31.6 Å². The molecule has 1 unspecified atom stereocenters. The molecule has 4 heteroatoms. The molecule has 19 heavy (non-hydrogen) atoms. The Labute approximate surface area is 113 Å². The van der Waals surface area contributed by atoms with E-state index >= 15 is 0 Å². The van der Waals surface area contributed by atoms with Crippen LogP contribution in [0.1, 0.15) is 64.2 Å². The molecule has 0 radical (unpaired) electrons. The Bertz CT molecular complexity index is 406. The predicted molar refractivity (Wildman–Crippen MR) is 67.4 cm³/mol. The third-order valence-electron chi connectivity index (χ3n) is 5.87. The molecule has 2 saturated carbocycles. The Morgan fingerprint density at radius 1 is 1.11 bits per heavy atom. The first-order chi connectivity index (χ1) is 9.10. The van der Waals surface area contributed by atoms with Gasteiger partial charge in [-0.25, -0.2) is 0 Å². The van der Waals surface area contributed by atoms with E-state index in [1.54, 1.807) is 0 Å². The molecule has 2 aliphatic heterocycles. The van der Waals surface area contributed by atoms with Crippen molar-refractivity contribution < 1.29 is 19.4 Å². The van der Waals surface area contributed by atoms with E-state index in [-0.39, 0.29) is 5.79 Å². The van der Waals surface area contributed by atoms with Crippen LogP contribution in [-0.4, -0.2) is 22.7 Å². The number of carboxylic acids is 1. The predicted octanol–water partition coefficient (Wildman–Crippen LogP) is 3.05. The van der Waals surface area contributed by atoms with Crippen molar-refractivity contribution >= 4 is 5.97 Å². The third-order valence-corrected chi connectivity index (χ3v) is 5.87. The fraction of sp³-hybridized carbons (Fsp3) is 0.933. The first-order valence-electron chi connectivity index (χ1n) is 7.74. The van der Waals surface area contributed by atoms with E-state index in [4.69, 9.17) is 9.47 Å². The quantitative estimate of drug-likeness (QED) is 0.794. The molecule has 0 bridgehead atoms. The highest BCUT2D eigenvalue weighted by atomic mass is 17.0. The molecule has 4 nitrogen and oxygen atoms in total. The average molecular weight is 266 g/mol. The van der Waals surface area contributed by atoms with Crippen LogP contribution in [0.15, 0.2) is 0 Å². The molecule has 4 rings (SSSR count). The second kappa shape index (κ2) is 3.73. The summed E-state index contributed by atoms with van der Waals surface area (Å²) in [5.41, 5.74) is -0.589. The molecule has 4 fully saturated rings. The number of carbonyl (C=O) groups is 1. The number of carboxylic acid groups (broad SMARTS) is 1. The van der Waals surface area contributed by atoms with E-state index < -0.39 is 17.2 Å². The van der Waals surface area contributed by atoms with Crippen LogP contribution in [0.4, 0.5) is 0 Å². The van der Waals surface area contributed by atoms with Crippen LogP contribution in [0.5, 0.6) is 0 Å².